The Hall–Kier alpha value is -3.77. The number of carbonyl (C=O) groups excluding carboxylic acids is 1. The van der Waals surface area contributed by atoms with Gasteiger partial charge in [-0.1, -0.05) is 36.4 Å². The number of ketones is 1. The van der Waals surface area contributed by atoms with Crippen LogP contribution in [0, 0.1) is 51.2 Å². The Morgan fingerprint density at radius 1 is 0.923 bits per heavy atom. The van der Waals surface area contributed by atoms with E-state index in [4.69, 9.17) is 9.47 Å². The van der Waals surface area contributed by atoms with Gasteiger partial charge in [0.1, 0.15) is 0 Å². The van der Waals surface area contributed by atoms with E-state index in [1.807, 2.05) is 54.6 Å². The first-order valence-electron chi connectivity index (χ1n) is 14.1. The molecule has 0 radical (unpaired) electrons. The Balaban J connectivity index is 1.45. The molecule has 3 atom stereocenters. The number of benzene rings is 2. The van der Waals surface area contributed by atoms with E-state index < -0.39 is 23.4 Å². The number of nitrogens with zero attached hydrogens (tertiary/aromatic N) is 3. The van der Waals surface area contributed by atoms with E-state index in [1.165, 1.54) is 19.3 Å². The number of rotatable bonds is 5. The molecule has 2 aromatic rings. The van der Waals surface area contributed by atoms with Crippen molar-refractivity contribution < 1.29 is 14.3 Å². The van der Waals surface area contributed by atoms with Crippen molar-refractivity contribution in [3.05, 3.63) is 59.7 Å². The lowest BCUT2D eigenvalue weighted by atomic mass is 9.47. The molecule has 6 nitrogen and oxygen atoms in total. The summed E-state index contributed by atoms with van der Waals surface area (Å²) in [7, 11) is 3.17. The smallest absolute Gasteiger partial charge is 0.176 e. The van der Waals surface area contributed by atoms with Gasteiger partial charge < -0.3 is 14.4 Å². The summed E-state index contributed by atoms with van der Waals surface area (Å²) in [5.74, 6) is 2.52. The highest BCUT2D eigenvalue weighted by Crippen LogP contribution is 2.64. The van der Waals surface area contributed by atoms with Gasteiger partial charge >= 0.3 is 0 Å². The van der Waals surface area contributed by atoms with Gasteiger partial charge in [-0.3, -0.25) is 4.79 Å². The summed E-state index contributed by atoms with van der Waals surface area (Å²) in [5, 5.41) is 21.6. The quantitative estimate of drug-likeness (QED) is 0.490. The maximum absolute atomic E-state index is 15.2. The van der Waals surface area contributed by atoms with Gasteiger partial charge in [0.15, 0.2) is 22.7 Å². The molecular weight excluding hydrogens is 486 g/mol. The molecule has 0 amide bonds. The van der Waals surface area contributed by atoms with Crippen LogP contribution >= 0.6 is 0 Å². The van der Waals surface area contributed by atoms with Crippen LogP contribution in [0.2, 0.25) is 0 Å². The Morgan fingerprint density at radius 3 is 2.18 bits per heavy atom. The third-order valence-corrected chi connectivity index (χ3v) is 10.5. The minimum absolute atomic E-state index is 0.226. The summed E-state index contributed by atoms with van der Waals surface area (Å²) < 4.78 is 11.1. The van der Waals surface area contributed by atoms with Crippen molar-refractivity contribution in [1.82, 2.24) is 0 Å². The number of methoxy groups -OCH3 is 2. The fourth-order valence-electron chi connectivity index (χ4n) is 9.38. The molecule has 4 saturated carbocycles. The third kappa shape index (κ3) is 3.27. The molecule has 2 aromatic carbocycles. The zero-order valence-corrected chi connectivity index (χ0v) is 22.5. The number of hydrogen-bond acceptors (Lipinski definition) is 6. The van der Waals surface area contributed by atoms with Crippen LogP contribution in [0.15, 0.2) is 48.5 Å². The number of nitriles is 2. The van der Waals surface area contributed by atoms with Crippen LogP contribution in [0.25, 0.3) is 6.08 Å². The molecule has 4 aliphatic carbocycles. The van der Waals surface area contributed by atoms with Crippen LogP contribution in [0.5, 0.6) is 11.5 Å². The number of Topliss-reactive ketones (excluding diaryl/α,β-unsaturated/α-hetero) is 1. The van der Waals surface area contributed by atoms with Crippen molar-refractivity contribution in [2.24, 2.45) is 28.6 Å². The molecule has 6 aliphatic rings. The van der Waals surface area contributed by atoms with E-state index in [2.05, 4.69) is 17.0 Å². The maximum atomic E-state index is 15.2. The predicted molar refractivity (Wildman–Crippen MR) is 147 cm³/mol. The highest BCUT2D eigenvalue weighted by molar-refractivity contribution is 5.97. The first kappa shape index (κ1) is 24.3. The molecule has 0 spiro atoms. The molecule has 5 fully saturated rings. The summed E-state index contributed by atoms with van der Waals surface area (Å²) >= 11 is 0. The molecule has 8 rings (SSSR count). The molecule has 198 valence electrons. The Kier molecular flexibility index (Phi) is 5.37. The van der Waals surface area contributed by atoms with Gasteiger partial charge in [-0.15, -0.1) is 0 Å². The first-order chi connectivity index (χ1) is 19.0. The highest BCUT2D eigenvalue weighted by Gasteiger charge is 2.67. The second-order valence-electron chi connectivity index (χ2n) is 12.5. The van der Waals surface area contributed by atoms with E-state index in [9.17, 15) is 10.5 Å². The molecule has 39 heavy (non-hydrogen) atoms. The standard InChI is InChI=1S/C33H33N3O3/c1-38-26-9-7-24(14-27(26)39-2)29-30(31(37)32-15-20-11-21(16-32)13-22(12-20)17-32)36-25-6-4-3-5-23(25)8-10-28(36)33(29,18-34)19-35/h3-10,14,20-22,28-30H,11-13,15-17H2,1-2H3. The van der Waals surface area contributed by atoms with Crippen molar-refractivity contribution in [1.29, 1.82) is 10.5 Å². The van der Waals surface area contributed by atoms with E-state index in [-0.39, 0.29) is 11.2 Å². The van der Waals surface area contributed by atoms with Gasteiger partial charge in [-0.2, -0.15) is 10.5 Å². The number of hydrogen-bond donors (Lipinski definition) is 0. The number of fused-ring (bicyclic) bond motifs is 3. The molecule has 1 saturated heterocycles. The molecule has 2 heterocycles. The van der Waals surface area contributed by atoms with Crippen LogP contribution in [0.1, 0.15) is 55.6 Å². The summed E-state index contributed by atoms with van der Waals surface area (Å²) in [6, 6.07) is 17.4. The normalized spacial score (nSPS) is 34.5. The average Bonchev–Trinajstić information content (AvgIpc) is 3.26. The molecule has 0 aromatic heterocycles. The summed E-state index contributed by atoms with van der Waals surface area (Å²) in [6.45, 7) is 0. The number of para-hydroxylation sites is 1. The lowest BCUT2D eigenvalue weighted by Gasteiger charge is -2.57. The monoisotopic (exact) mass is 519 g/mol. The summed E-state index contributed by atoms with van der Waals surface area (Å²) in [5.41, 5.74) is 0.863. The van der Waals surface area contributed by atoms with Gasteiger partial charge in [0.25, 0.3) is 0 Å². The van der Waals surface area contributed by atoms with Crippen molar-refractivity contribution in [3.8, 4) is 23.6 Å². The SMILES string of the molecule is COc1ccc(C2C(C(=O)C34CC5CC(CC(C5)C3)C4)N3c4ccccc4C=CC3C2(C#N)C#N)cc1OC. The van der Waals surface area contributed by atoms with E-state index in [0.717, 1.165) is 36.1 Å². The molecule has 3 unspecified atom stereocenters. The van der Waals surface area contributed by atoms with Crippen LogP contribution in [-0.4, -0.2) is 32.1 Å². The zero-order chi connectivity index (χ0) is 26.9. The van der Waals surface area contributed by atoms with Gasteiger partial charge in [0, 0.05) is 17.0 Å². The van der Waals surface area contributed by atoms with Gasteiger partial charge in [0.05, 0.1) is 38.4 Å². The molecule has 0 N–H and O–H groups in total. The zero-order valence-electron chi connectivity index (χ0n) is 22.5. The van der Waals surface area contributed by atoms with Gasteiger partial charge in [0.2, 0.25) is 0 Å². The van der Waals surface area contributed by atoms with Gasteiger partial charge in [-0.25, -0.2) is 0 Å². The van der Waals surface area contributed by atoms with E-state index >= 15 is 4.79 Å². The van der Waals surface area contributed by atoms with Crippen LogP contribution < -0.4 is 14.4 Å². The minimum Gasteiger partial charge on any atom is -0.493 e. The fourth-order valence-corrected chi connectivity index (χ4v) is 9.38. The lowest BCUT2D eigenvalue weighted by Crippen LogP contribution is -2.56. The van der Waals surface area contributed by atoms with Crippen LogP contribution in [0.4, 0.5) is 5.69 Å². The Bertz CT molecular complexity index is 1410. The third-order valence-electron chi connectivity index (χ3n) is 10.5. The van der Waals surface area contributed by atoms with Crippen molar-refractivity contribution in [2.45, 2.75) is 56.5 Å². The molecular formula is C33H33N3O3. The fraction of sp³-hybridized carbons (Fsp3) is 0.485. The topological polar surface area (TPSA) is 86.4 Å². The number of anilines is 1. The second-order valence-corrected chi connectivity index (χ2v) is 12.5. The maximum Gasteiger partial charge on any atom is 0.176 e. The summed E-state index contributed by atoms with van der Waals surface area (Å²) in [4.78, 5) is 17.3. The van der Waals surface area contributed by atoms with Crippen molar-refractivity contribution in [2.75, 3.05) is 19.1 Å². The Morgan fingerprint density at radius 2 is 1.56 bits per heavy atom. The molecule has 2 aliphatic heterocycles. The second kappa shape index (κ2) is 8.62. The van der Waals surface area contributed by atoms with Crippen LogP contribution in [0.3, 0.4) is 0 Å². The molecule has 4 bridgehead atoms. The average molecular weight is 520 g/mol. The largest absolute Gasteiger partial charge is 0.493 e. The summed E-state index contributed by atoms with van der Waals surface area (Å²) in [6.07, 6.45) is 10.5. The predicted octanol–water partition coefficient (Wildman–Crippen LogP) is 5.89. The molecule has 6 heteroatoms. The van der Waals surface area contributed by atoms with E-state index in [1.54, 1.807) is 14.2 Å². The van der Waals surface area contributed by atoms with E-state index in [0.29, 0.717) is 29.3 Å². The highest BCUT2D eigenvalue weighted by atomic mass is 16.5. The number of carbonyl (C=O) groups is 1. The lowest BCUT2D eigenvalue weighted by molar-refractivity contribution is -0.145. The van der Waals surface area contributed by atoms with Gasteiger partial charge in [-0.05, 0) is 85.6 Å². The van der Waals surface area contributed by atoms with Crippen molar-refractivity contribution in [3.63, 3.8) is 0 Å². The first-order valence-corrected chi connectivity index (χ1v) is 14.1. The van der Waals surface area contributed by atoms with Crippen molar-refractivity contribution >= 4 is 17.5 Å². The minimum atomic E-state index is -1.45. The number of ether oxygens (including phenoxy) is 2. The van der Waals surface area contributed by atoms with Crippen LogP contribution in [-0.2, 0) is 4.79 Å². The Labute approximate surface area is 229 Å².